The molecule has 29 heavy (non-hydrogen) atoms. The zero-order valence-electron chi connectivity index (χ0n) is 17.7. The Kier molecular flexibility index (Phi) is 11.9. The first-order valence-corrected chi connectivity index (χ1v) is 10.1. The van der Waals surface area contributed by atoms with Crippen LogP contribution in [0.15, 0.2) is 24.3 Å². The molecule has 0 bridgehead atoms. The Morgan fingerprint density at radius 2 is 1.62 bits per heavy atom. The predicted molar refractivity (Wildman–Crippen MR) is 110 cm³/mol. The molecule has 0 aliphatic carbocycles. The number of nitrogens with zero attached hydrogens (tertiary/aromatic N) is 1. The molecule has 0 radical (unpaired) electrons. The van der Waals surface area contributed by atoms with E-state index in [2.05, 4.69) is 10.8 Å². The number of methoxy groups -OCH3 is 1. The molecule has 0 saturated heterocycles. The number of rotatable bonds is 12. The van der Waals surface area contributed by atoms with Crippen molar-refractivity contribution >= 4 is 17.9 Å². The van der Waals surface area contributed by atoms with Gasteiger partial charge in [0, 0.05) is 32.5 Å². The minimum absolute atomic E-state index is 0.0430. The van der Waals surface area contributed by atoms with E-state index in [0.29, 0.717) is 19.6 Å². The van der Waals surface area contributed by atoms with E-state index >= 15 is 0 Å². The van der Waals surface area contributed by atoms with Crippen LogP contribution in [0, 0.1) is 0 Å². The van der Waals surface area contributed by atoms with Gasteiger partial charge in [0.15, 0.2) is 0 Å². The van der Waals surface area contributed by atoms with E-state index < -0.39 is 12.0 Å². The van der Waals surface area contributed by atoms with Gasteiger partial charge in [-0.15, -0.1) is 0 Å². The van der Waals surface area contributed by atoms with Gasteiger partial charge in [-0.1, -0.05) is 38.8 Å². The third-order valence-corrected chi connectivity index (χ3v) is 4.26. The first kappa shape index (κ1) is 24.3. The van der Waals surface area contributed by atoms with Gasteiger partial charge >= 0.3 is 6.09 Å². The number of hydroxylamine groups is 1. The van der Waals surface area contributed by atoms with Crippen molar-refractivity contribution in [1.29, 1.82) is 0 Å². The summed E-state index contributed by atoms with van der Waals surface area (Å²) in [7, 11) is 1.59. The van der Waals surface area contributed by atoms with Crippen LogP contribution in [0.3, 0.4) is 0 Å². The topological polar surface area (TPSA) is 97.0 Å². The van der Waals surface area contributed by atoms with E-state index in [1.165, 1.54) is 4.90 Å². The zero-order valence-corrected chi connectivity index (χ0v) is 17.7. The summed E-state index contributed by atoms with van der Waals surface area (Å²) in [5.74, 6) is 0.0373. The van der Waals surface area contributed by atoms with E-state index in [1.54, 1.807) is 7.11 Å². The maximum absolute atomic E-state index is 12.4. The summed E-state index contributed by atoms with van der Waals surface area (Å²) in [6.07, 6.45) is 3.01. The Balaban J connectivity index is 2.46. The molecule has 0 fully saturated rings. The highest BCUT2D eigenvalue weighted by Gasteiger charge is 2.17. The van der Waals surface area contributed by atoms with Gasteiger partial charge in [0.25, 0.3) is 5.91 Å². The molecule has 1 rings (SSSR count). The lowest BCUT2D eigenvalue weighted by Crippen LogP contribution is -2.38. The summed E-state index contributed by atoms with van der Waals surface area (Å²) in [6, 6.07) is 7.40. The van der Waals surface area contributed by atoms with Gasteiger partial charge in [-0.25, -0.2) is 4.79 Å². The van der Waals surface area contributed by atoms with E-state index in [-0.39, 0.29) is 18.7 Å². The highest BCUT2D eigenvalue weighted by Crippen LogP contribution is 2.14. The molecule has 0 unspecified atom stereocenters. The molecule has 0 spiro atoms. The fourth-order valence-corrected chi connectivity index (χ4v) is 2.47. The predicted octanol–water partition coefficient (Wildman–Crippen LogP) is 3.16. The fourth-order valence-electron chi connectivity index (χ4n) is 2.47. The van der Waals surface area contributed by atoms with E-state index in [0.717, 1.165) is 37.0 Å². The second-order valence-corrected chi connectivity index (χ2v) is 6.72. The molecule has 8 nitrogen and oxygen atoms in total. The van der Waals surface area contributed by atoms with E-state index in [9.17, 15) is 14.4 Å². The summed E-state index contributed by atoms with van der Waals surface area (Å²) < 4.78 is 5.14. The van der Waals surface area contributed by atoms with E-state index in [1.807, 2.05) is 38.1 Å². The highest BCUT2D eigenvalue weighted by atomic mass is 16.7. The number of nitrogens with one attached hydrogen (secondary N) is 2. The number of hydrogen-bond acceptors (Lipinski definition) is 5. The summed E-state index contributed by atoms with van der Waals surface area (Å²) in [6.45, 7) is 5.54. The maximum atomic E-state index is 12.4. The Labute approximate surface area is 172 Å². The van der Waals surface area contributed by atoms with Gasteiger partial charge in [-0.3, -0.25) is 9.59 Å². The van der Waals surface area contributed by atoms with Crippen molar-refractivity contribution in [1.82, 2.24) is 15.7 Å². The monoisotopic (exact) mass is 407 g/mol. The minimum Gasteiger partial charge on any atom is -0.497 e. The molecule has 0 aliphatic heterocycles. The van der Waals surface area contributed by atoms with Crippen molar-refractivity contribution in [3.8, 4) is 5.75 Å². The summed E-state index contributed by atoms with van der Waals surface area (Å²) in [5, 5.41) is 2.74. The maximum Gasteiger partial charge on any atom is 0.434 e. The number of ether oxygens (including phenoxy) is 1. The van der Waals surface area contributed by atoms with Gasteiger partial charge in [-0.05, 0) is 30.5 Å². The van der Waals surface area contributed by atoms with Crippen LogP contribution in [0.4, 0.5) is 4.79 Å². The molecule has 0 heterocycles. The van der Waals surface area contributed by atoms with Crippen molar-refractivity contribution in [2.45, 2.75) is 58.9 Å². The summed E-state index contributed by atoms with van der Waals surface area (Å²) in [4.78, 5) is 42.3. The van der Waals surface area contributed by atoms with Crippen LogP contribution in [-0.2, 0) is 21.0 Å². The lowest BCUT2D eigenvalue weighted by atomic mass is 10.2. The van der Waals surface area contributed by atoms with Gasteiger partial charge in [-0.2, -0.15) is 5.48 Å². The molecule has 0 saturated carbocycles. The van der Waals surface area contributed by atoms with Crippen molar-refractivity contribution in [3.63, 3.8) is 0 Å². The molecular formula is C21H33N3O5. The second-order valence-electron chi connectivity index (χ2n) is 6.72. The Morgan fingerprint density at radius 1 is 0.966 bits per heavy atom. The van der Waals surface area contributed by atoms with Crippen LogP contribution in [0.2, 0.25) is 0 Å². The Hall–Kier alpha value is -2.77. The van der Waals surface area contributed by atoms with Crippen LogP contribution < -0.4 is 15.5 Å². The molecule has 1 aromatic carbocycles. The van der Waals surface area contributed by atoms with Crippen molar-refractivity contribution < 1.29 is 24.0 Å². The number of amides is 3. The van der Waals surface area contributed by atoms with Gasteiger partial charge in [0.05, 0.1) is 7.11 Å². The lowest BCUT2D eigenvalue weighted by molar-refractivity contribution is -0.132. The SMILES string of the molecule is CCCCNC(=O)CCC(=O)NOC(=O)N(CCCC)Cc1ccc(OC)cc1. The van der Waals surface area contributed by atoms with Crippen LogP contribution >= 0.6 is 0 Å². The molecular weight excluding hydrogens is 374 g/mol. The first-order chi connectivity index (χ1) is 14.0. The van der Waals surface area contributed by atoms with Crippen molar-refractivity contribution in [2.75, 3.05) is 20.2 Å². The van der Waals surface area contributed by atoms with Crippen LogP contribution in [-0.4, -0.2) is 43.0 Å². The minimum atomic E-state index is -0.630. The average molecular weight is 408 g/mol. The third kappa shape index (κ3) is 10.4. The Morgan fingerprint density at radius 3 is 2.24 bits per heavy atom. The lowest BCUT2D eigenvalue weighted by Gasteiger charge is -2.21. The van der Waals surface area contributed by atoms with Gasteiger partial charge in [0.1, 0.15) is 5.75 Å². The Bertz CT molecular complexity index is 634. The van der Waals surface area contributed by atoms with E-state index in [4.69, 9.17) is 9.57 Å². The largest absolute Gasteiger partial charge is 0.497 e. The van der Waals surface area contributed by atoms with Crippen molar-refractivity contribution in [2.24, 2.45) is 0 Å². The van der Waals surface area contributed by atoms with Crippen LogP contribution in [0.1, 0.15) is 57.9 Å². The average Bonchev–Trinajstić information content (AvgIpc) is 2.74. The molecule has 2 N–H and O–H groups in total. The molecule has 162 valence electrons. The molecule has 1 aromatic rings. The number of carbonyl (C=O) groups is 3. The molecule has 0 aromatic heterocycles. The quantitative estimate of drug-likeness (QED) is 0.410. The standard InChI is InChI=1S/C21H33N3O5/c1-4-6-14-22-19(25)12-13-20(26)23-29-21(27)24(15-7-5-2)16-17-8-10-18(28-3)11-9-17/h8-11H,4-7,12-16H2,1-3H3,(H,22,25)(H,23,26). The number of unbranched alkanes of at least 4 members (excludes halogenated alkanes) is 2. The van der Waals surface area contributed by atoms with Gasteiger partial charge < -0.3 is 19.8 Å². The summed E-state index contributed by atoms with van der Waals surface area (Å²) >= 11 is 0. The molecule has 3 amide bonds. The van der Waals surface area contributed by atoms with Crippen molar-refractivity contribution in [3.05, 3.63) is 29.8 Å². The van der Waals surface area contributed by atoms with Gasteiger partial charge in [0.2, 0.25) is 5.91 Å². The third-order valence-electron chi connectivity index (χ3n) is 4.26. The van der Waals surface area contributed by atoms with Crippen LogP contribution in [0.25, 0.3) is 0 Å². The zero-order chi connectivity index (χ0) is 21.5. The second kappa shape index (κ2) is 14.3. The van der Waals surface area contributed by atoms with Crippen LogP contribution in [0.5, 0.6) is 5.75 Å². The smallest absolute Gasteiger partial charge is 0.434 e. The molecule has 0 aliphatic rings. The molecule has 8 heteroatoms. The highest BCUT2D eigenvalue weighted by molar-refractivity contribution is 5.83. The normalized spacial score (nSPS) is 10.2. The number of hydrogen-bond donors (Lipinski definition) is 2. The first-order valence-electron chi connectivity index (χ1n) is 10.1. The fraction of sp³-hybridized carbons (Fsp3) is 0.571. The summed E-state index contributed by atoms with van der Waals surface area (Å²) in [5.41, 5.74) is 3.06. The molecule has 0 atom stereocenters. The number of benzene rings is 1. The number of carbonyl (C=O) groups excluding carboxylic acids is 3.